The van der Waals surface area contributed by atoms with Crippen molar-refractivity contribution in [1.29, 1.82) is 0 Å². The van der Waals surface area contributed by atoms with Gasteiger partial charge in [-0.2, -0.15) is 0 Å². The predicted molar refractivity (Wildman–Crippen MR) is 99.8 cm³/mol. The molecule has 27 heavy (non-hydrogen) atoms. The van der Waals surface area contributed by atoms with E-state index in [-0.39, 0.29) is 35.1 Å². The Morgan fingerprint density at radius 3 is 2.85 bits per heavy atom. The second kappa shape index (κ2) is 6.31. The maximum Gasteiger partial charge on any atom is 0.271 e. The van der Waals surface area contributed by atoms with Crippen LogP contribution in [0.5, 0.6) is 0 Å². The average molecular weight is 364 g/mol. The zero-order valence-corrected chi connectivity index (χ0v) is 14.5. The fourth-order valence-corrected chi connectivity index (χ4v) is 3.54. The summed E-state index contributed by atoms with van der Waals surface area (Å²) in [6, 6.07) is 11.6. The lowest BCUT2D eigenvalue weighted by atomic mass is 10.1. The summed E-state index contributed by atoms with van der Waals surface area (Å²) in [5.41, 5.74) is 1.67. The zero-order chi connectivity index (χ0) is 19.1. The van der Waals surface area contributed by atoms with Gasteiger partial charge in [0, 0.05) is 23.9 Å². The molecule has 1 aliphatic rings. The standard InChI is InChI=1S/C19H16N4O4/c1-12-8-13-4-2-3-5-17(13)22(12)18(24)10-21-11-20-16-9-14(23(26)27)6-7-15(16)19(21)25/h2-7,9,11-12H,8,10H2,1H3/t12-/m0/s1. The number of hydrogen-bond acceptors (Lipinski definition) is 5. The van der Waals surface area contributed by atoms with Gasteiger partial charge in [-0.25, -0.2) is 4.98 Å². The molecule has 0 saturated carbocycles. The second-order valence-electron chi connectivity index (χ2n) is 6.58. The molecule has 136 valence electrons. The van der Waals surface area contributed by atoms with E-state index in [1.165, 1.54) is 29.1 Å². The maximum atomic E-state index is 12.9. The number of anilines is 1. The summed E-state index contributed by atoms with van der Waals surface area (Å²) in [7, 11) is 0. The first kappa shape index (κ1) is 16.9. The highest BCUT2D eigenvalue weighted by molar-refractivity contribution is 5.96. The minimum atomic E-state index is -0.539. The summed E-state index contributed by atoms with van der Waals surface area (Å²) in [5, 5.41) is 11.1. The molecule has 4 rings (SSSR count). The van der Waals surface area contributed by atoms with Gasteiger partial charge in [-0.15, -0.1) is 0 Å². The minimum absolute atomic E-state index is 0.0154. The largest absolute Gasteiger partial charge is 0.307 e. The first-order valence-electron chi connectivity index (χ1n) is 8.49. The third-order valence-electron chi connectivity index (χ3n) is 4.80. The smallest absolute Gasteiger partial charge is 0.271 e. The van der Waals surface area contributed by atoms with E-state index in [9.17, 15) is 19.7 Å². The summed E-state index contributed by atoms with van der Waals surface area (Å²) in [6.45, 7) is 1.83. The molecule has 1 aliphatic heterocycles. The quantitative estimate of drug-likeness (QED) is 0.524. The van der Waals surface area contributed by atoms with Crippen LogP contribution in [0.25, 0.3) is 10.9 Å². The lowest BCUT2D eigenvalue weighted by molar-refractivity contribution is -0.384. The molecular formula is C19H16N4O4. The molecule has 8 heteroatoms. The van der Waals surface area contributed by atoms with Crippen LogP contribution in [0.2, 0.25) is 0 Å². The van der Waals surface area contributed by atoms with Gasteiger partial charge < -0.3 is 4.90 Å². The molecule has 0 spiro atoms. The van der Waals surface area contributed by atoms with Gasteiger partial charge in [0.05, 0.1) is 22.2 Å². The Bertz CT molecular complexity index is 1140. The van der Waals surface area contributed by atoms with Gasteiger partial charge in [-0.3, -0.25) is 24.3 Å². The van der Waals surface area contributed by atoms with Crippen LogP contribution in [-0.4, -0.2) is 26.4 Å². The number of hydrogen-bond donors (Lipinski definition) is 0. The first-order valence-corrected chi connectivity index (χ1v) is 8.49. The van der Waals surface area contributed by atoms with Crippen LogP contribution in [0.4, 0.5) is 11.4 Å². The highest BCUT2D eigenvalue weighted by Crippen LogP contribution is 2.31. The zero-order valence-electron chi connectivity index (χ0n) is 14.5. The Morgan fingerprint density at radius 1 is 1.30 bits per heavy atom. The summed E-state index contributed by atoms with van der Waals surface area (Å²) in [6.07, 6.45) is 2.04. The van der Waals surface area contributed by atoms with E-state index in [0.717, 1.165) is 17.7 Å². The van der Waals surface area contributed by atoms with Crippen molar-refractivity contribution < 1.29 is 9.72 Å². The number of nitro groups is 1. The van der Waals surface area contributed by atoms with E-state index in [1.807, 2.05) is 31.2 Å². The molecular weight excluding hydrogens is 348 g/mol. The second-order valence-corrected chi connectivity index (χ2v) is 6.58. The molecule has 2 heterocycles. The van der Waals surface area contributed by atoms with Gasteiger partial charge in [-0.1, -0.05) is 18.2 Å². The number of carbonyl (C=O) groups excluding carboxylic acids is 1. The molecule has 0 saturated heterocycles. The number of fused-ring (bicyclic) bond motifs is 2. The van der Waals surface area contributed by atoms with E-state index in [1.54, 1.807) is 4.90 Å². The van der Waals surface area contributed by atoms with Gasteiger partial charge in [0.15, 0.2) is 0 Å². The van der Waals surface area contributed by atoms with Crippen LogP contribution in [0.15, 0.2) is 53.6 Å². The Labute approximate surface area is 153 Å². The number of nitrogens with zero attached hydrogens (tertiary/aromatic N) is 4. The van der Waals surface area contributed by atoms with Crippen molar-refractivity contribution in [2.75, 3.05) is 4.90 Å². The first-order chi connectivity index (χ1) is 13.0. The molecule has 2 aromatic carbocycles. The van der Waals surface area contributed by atoms with Crippen molar-refractivity contribution in [3.8, 4) is 0 Å². The summed E-state index contributed by atoms with van der Waals surface area (Å²) < 4.78 is 1.24. The number of amides is 1. The molecule has 0 bridgehead atoms. The van der Waals surface area contributed by atoms with Crippen molar-refractivity contribution in [2.45, 2.75) is 25.9 Å². The molecule has 1 amide bonds. The maximum absolute atomic E-state index is 12.9. The molecule has 0 fully saturated rings. The predicted octanol–water partition coefficient (Wildman–Crippen LogP) is 2.28. The monoisotopic (exact) mass is 364 g/mol. The Hall–Kier alpha value is -3.55. The molecule has 0 radical (unpaired) electrons. The number of para-hydroxylation sites is 1. The van der Waals surface area contributed by atoms with Gasteiger partial charge in [0.1, 0.15) is 6.54 Å². The molecule has 3 aromatic rings. The SMILES string of the molecule is C[C@H]1Cc2ccccc2N1C(=O)Cn1cnc2cc([N+](=O)[O-])ccc2c1=O. The number of nitro benzene ring substituents is 1. The van der Waals surface area contributed by atoms with Crippen molar-refractivity contribution in [1.82, 2.24) is 9.55 Å². The molecule has 0 N–H and O–H groups in total. The van der Waals surface area contributed by atoms with Crippen LogP contribution >= 0.6 is 0 Å². The Morgan fingerprint density at radius 2 is 2.07 bits per heavy atom. The normalized spacial score (nSPS) is 15.7. The van der Waals surface area contributed by atoms with Gasteiger partial charge in [0.2, 0.25) is 5.91 Å². The Balaban J connectivity index is 1.67. The highest BCUT2D eigenvalue weighted by Gasteiger charge is 2.30. The highest BCUT2D eigenvalue weighted by atomic mass is 16.6. The summed E-state index contributed by atoms with van der Waals surface area (Å²) in [4.78, 5) is 41.7. The van der Waals surface area contributed by atoms with E-state index in [4.69, 9.17) is 0 Å². The molecule has 1 atom stereocenters. The van der Waals surface area contributed by atoms with E-state index < -0.39 is 10.5 Å². The fraction of sp³-hybridized carbons (Fsp3) is 0.211. The number of rotatable bonds is 3. The van der Waals surface area contributed by atoms with Crippen molar-refractivity contribution in [2.24, 2.45) is 0 Å². The van der Waals surface area contributed by atoms with E-state index in [0.29, 0.717) is 0 Å². The number of benzene rings is 2. The third kappa shape index (κ3) is 2.84. The molecule has 8 nitrogen and oxygen atoms in total. The van der Waals surface area contributed by atoms with Crippen molar-refractivity contribution in [3.05, 3.63) is 74.8 Å². The average Bonchev–Trinajstić information content (AvgIpc) is 2.99. The van der Waals surface area contributed by atoms with E-state index in [2.05, 4.69) is 4.98 Å². The summed E-state index contributed by atoms with van der Waals surface area (Å²) in [5.74, 6) is -0.197. The molecule has 0 unspecified atom stereocenters. The van der Waals surface area contributed by atoms with Crippen LogP contribution in [0.3, 0.4) is 0 Å². The van der Waals surface area contributed by atoms with Crippen LogP contribution in [0, 0.1) is 10.1 Å². The van der Waals surface area contributed by atoms with Crippen LogP contribution < -0.4 is 10.5 Å². The summed E-state index contributed by atoms with van der Waals surface area (Å²) >= 11 is 0. The fourth-order valence-electron chi connectivity index (χ4n) is 3.54. The minimum Gasteiger partial charge on any atom is -0.307 e. The number of carbonyl (C=O) groups is 1. The van der Waals surface area contributed by atoms with Crippen molar-refractivity contribution in [3.63, 3.8) is 0 Å². The van der Waals surface area contributed by atoms with Gasteiger partial charge in [0.25, 0.3) is 11.2 Å². The lowest BCUT2D eigenvalue weighted by Gasteiger charge is -2.23. The third-order valence-corrected chi connectivity index (χ3v) is 4.80. The van der Waals surface area contributed by atoms with Crippen LogP contribution in [0.1, 0.15) is 12.5 Å². The number of aromatic nitrogens is 2. The topological polar surface area (TPSA) is 98.3 Å². The van der Waals surface area contributed by atoms with Gasteiger partial charge >= 0.3 is 0 Å². The molecule has 1 aromatic heterocycles. The number of non-ortho nitro benzene ring substituents is 1. The Kier molecular flexibility index (Phi) is 3.95. The lowest BCUT2D eigenvalue weighted by Crippen LogP contribution is -2.40. The van der Waals surface area contributed by atoms with Crippen LogP contribution in [-0.2, 0) is 17.8 Å². The molecule has 0 aliphatic carbocycles. The van der Waals surface area contributed by atoms with Crippen molar-refractivity contribution >= 4 is 28.2 Å². The van der Waals surface area contributed by atoms with Gasteiger partial charge in [-0.05, 0) is 31.0 Å². The van der Waals surface area contributed by atoms with E-state index >= 15 is 0 Å².